The second-order valence-corrected chi connectivity index (χ2v) is 12.5. The number of hydrogen-bond donors (Lipinski definition) is 0. The molecule has 0 aliphatic heterocycles. The van der Waals surface area contributed by atoms with Gasteiger partial charge >= 0.3 is 133 Å². The maximum absolute atomic E-state index is 2.94. The average Bonchev–Trinajstić information content (AvgIpc) is 2.56. The van der Waals surface area contributed by atoms with E-state index in [9.17, 15) is 0 Å². The summed E-state index contributed by atoms with van der Waals surface area (Å²) in [6, 6.07) is 32.6. The van der Waals surface area contributed by atoms with E-state index in [0.717, 1.165) is 0 Å². The SMILES string of the molecule is [Au][PH](c1ccccc1)(c1ccccc1)c1ccccc1. The molecule has 0 nitrogen and oxygen atoms in total. The van der Waals surface area contributed by atoms with E-state index < -0.39 is 5.15 Å². The molecule has 0 saturated carbocycles. The number of benzene rings is 3. The molecule has 0 aliphatic rings. The van der Waals surface area contributed by atoms with Crippen molar-refractivity contribution in [2.45, 2.75) is 0 Å². The second kappa shape index (κ2) is 6.08. The van der Waals surface area contributed by atoms with Gasteiger partial charge < -0.3 is 0 Å². The van der Waals surface area contributed by atoms with E-state index in [4.69, 9.17) is 0 Å². The zero-order valence-corrected chi connectivity index (χ0v) is 14.1. The van der Waals surface area contributed by atoms with Crippen molar-refractivity contribution in [3.05, 3.63) is 91.0 Å². The summed E-state index contributed by atoms with van der Waals surface area (Å²) in [5, 5.41) is 2.36. The first-order valence-electron chi connectivity index (χ1n) is 6.63. The van der Waals surface area contributed by atoms with Crippen LogP contribution in [-0.2, 0) is 20.5 Å². The van der Waals surface area contributed by atoms with E-state index in [-0.39, 0.29) is 0 Å². The average molecular weight is 460 g/mol. The van der Waals surface area contributed by atoms with Crippen LogP contribution in [0.2, 0.25) is 0 Å². The molecule has 0 saturated heterocycles. The molecule has 3 aromatic carbocycles. The van der Waals surface area contributed by atoms with Crippen molar-refractivity contribution in [2.75, 3.05) is 0 Å². The molecule has 0 N–H and O–H groups in total. The van der Waals surface area contributed by atoms with Crippen molar-refractivity contribution in [1.29, 1.82) is 0 Å². The summed E-state index contributed by atoms with van der Waals surface area (Å²) in [5.41, 5.74) is 0. The number of rotatable bonds is 3. The molecule has 0 bridgehead atoms. The summed E-state index contributed by atoms with van der Waals surface area (Å²) in [7, 11) is 0. The minimum absolute atomic E-state index is 1.43. The maximum atomic E-state index is 2.94. The molecule has 2 heteroatoms. The van der Waals surface area contributed by atoms with Crippen LogP contribution in [-0.4, -0.2) is 0 Å². The molecule has 0 aliphatic carbocycles. The van der Waals surface area contributed by atoms with Crippen LogP contribution in [0.15, 0.2) is 91.0 Å². The molecule has 0 fully saturated rings. The Hall–Kier alpha value is -1.17. The molecule has 0 radical (unpaired) electrons. The first-order valence-corrected chi connectivity index (χ1v) is 11.7. The predicted octanol–water partition coefficient (Wildman–Crippen LogP) is 3.17. The minimum atomic E-state index is -1.93. The Balaban J connectivity index is 2.24. The van der Waals surface area contributed by atoms with Crippen LogP contribution in [0.25, 0.3) is 0 Å². The fourth-order valence-electron chi connectivity index (χ4n) is 2.47. The Morgan fingerprint density at radius 1 is 0.450 bits per heavy atom. The van der Waals surface area contributed by atoms with E-state index in [0.29, 0.717) is 0 Å². The molecule has 0 amide bonds. The zero-order valence-electron chi connectivity index (χ0n) is 11.0. The second-order valence-electron chi connectivity index (χ2n) is 4.70. The van der Waals surface area contributed by atoms with E-state index in [2.05, 4.69) is 112 Å². The van der Waals surface area contributed by atoms with Crippen molar-refractivity contribution in [3.8, 4) is 0 Å². The summed E-state index contributed by atoms with van der Waals surface area (Å²) in [6.07, 6.45) is 0. The number of hydrogen-bond acceptors (Lipinski definition) is 0. The van der Waals surface area contributed by atoms with Crippen LogP contribution < -0.4 is 15.9 Å². The molecular formula is C18H16AuP. The molecule has 104 valence electrons. The van der Waals surface area contributed by atoms with Crippen LogP contribution in [0.1, 0.15) is 0 Å². The molecule has 20 heavy (non-hydrogen) atoms. The summed E-state index contributed by atoms with van der Waals surface area (Å²) < 4.78 is 0. The van der Waals surface area contributed by atoms with Gasteiger partial charge in [0, 0.05) is 0 Å². The van der Waals surface area contributed by atoms with Crippen molar-refractivity contribution in [2.24, 2.45) is 0 Å². The molecule has 0 atom stereocenters. The summed E-state index contributed by atoms with van der Waals surface area (Å²) in [4.78, 5) is 0. The third kappa shape index (κ3) is 2.53. The van der Waals surface area contributed by atoms with Crippen LogP contribution in [0.4, 0.5) is 0 Å². The Morgan fingerprint density at radius 3 is 0.950 bits per heavy atom. The third-order valence-corrected chi connectivity index (χ3v) is 12.3. The van der Waals surface area contributed by atoms with Gasteiger partial charge in [0.1, 0.15) is 0 Å². The van der Waals surface area contributed by atoms with Crippen molar-refractivity contribution < 1.29 is 20.5 Å². The normalized spacial score (nSPS) is 12.1. The van der Waals surface area contributed by atoms with E-state index in [1.165, 1.54) is 15.9 Å². The van der Waals surface area contributed by atoms with Crippen molar-refractivity contribution in [3.63, 3.8) is 0 Å². The topological polar surface area (TPSA) is 0 Å². The fourth-order valence-corrected chi connectivity index (χ4v) is 8.59. The van der Waals surface area contributed by atoms with E-state index >= 15 is 0 Å². The summed E-state index contributed by atoms with van der Waals surface area (Å²) in [6.45, 7) is 0. The van der Waals surface area contributed by atoms with Crippen LogP contribution >= 0.6 is 5.15 Å². The molecule has 0 spiro atoms. The van der Waals surface area contributed by atoms with Gasteiger partial charge in [-0.3, -0.25) is 0 Å². The van der Waals surface area contributed by atoms with Gasteiger partial charge in [-0.1, -0.05) is 0 Å². The molecule has 3 rings (SSSR count). The summed E-state index contributed by atoms with van der Waals surface area (Å²) in [5.74, 6) is 0. The quantitative estimate of drug-likeness (QED) is 0.416. The fraction of sp³-hybridized carbons (Fsp3) is 0. The standard InChI is InChI=1S/C18H15P.Au/c1-4-10-16(11-5-1)19(17-12-6-2-7-13-17)18-14-8-3-9-15-18;/h1-15H;/q;-1/p+1. The van der Waals surface area contributed by atoms with Crippen LogP contribution in [0.5, 0.6) is 0 Å². The van der Waals surface area contributed by atoms with Gasteiger partial charge in [-0.15, -0.1) is 0 Å². The Morgan fingerprint density at radius 2 is 0.700 bits per heavy atom. The van der Waals surface area contributed by atoms with Gasteiger partial charge in [-0.05, 0) is 0 Å². The Labute approximate surface area is 132 Å². The van der Waals surface area contributed by atoms with Gasteiger partial charge in [0.05, 0.1) is 0 Å². The summed E-state index contributed by atoms with van der Waals surface area (Å²) >= 11 is 2.94. The first-order chi connectivity index (χ1) is 9.82. The Kier molecular flexibility index (Phi) is 4.19. The third-order valence-electron chi connectivity index (χ3n) is 3.45. The van der Waals surface area contributed by atoms with Crippen molar-refractivity contribution >= 4 is 21.1 Å². The monoisotopic (exact) mass is 460 g/mol. The molecule has 3 aromatic rings. The van der Waals surface area contributed by atoms with E-state index in [1.807, 2.05) is 0 Å². The molecular weight excluding hydrogens is 444 g/mol. The van der Waals surface area contributed by atoms with Gasteiger partial charge in [-0.2, -0.15) is 0 Å². The molecule has 0 aromatic heterocycles. The Bertz CT molecular complexity index is 569. The van der Waals surface area contributed by atoms with Crippen LogP contribution in [0, 0.1) is 0 Å². The van der Waals surface area contributed by atoms with Crippen LogP contribution in [0.3, 0.4) is 0 Å². The van der Waals surface area contributed by atoms with Gasteiger partial charge in [0.2, 0.25) is 0 Å². The first kappa shape index (κ1) is 13.8. The van der Waals surface area contributed by atoms with Gasteiger partial charge in [-0.25, -0.2) is 0 Å². The van der Waals surface area contributed by atoms with Gasteiger partial charge in [0.15, 0.2) is 0 Å². The predicted molar refractivity (Wildman–Crippen MR) is 86.5 cm³/mol. The van der Waals surface area contributed by atoms with Crippen molar-refractivity contribution in [1.82, 2.24) is 0 Å². The van der Waals surface area contributed by atoms with Gasteiger partial charge in [0.25, 0.3) is 0 Å². The molecule has 0 unspecified atom stereocenters. The molecule has 0 heterocycles. The van der Waals surface area contributed by atoms with E-state index in [1.54, 1.807) is 0 Å². The zero-order chi connectivity index (χ0) is 13.8.